The van der Waals surface area contributed by atoms with Gasteiger partial charge < -0.3 is 15.0 Å². The maximum absolute atomic E-state index is 12.5. The number of hydrogen-bond acceptors (Lipinski definition) is 4. The number of carbonyl (C=O) groups excluding carboxylic acids is 1. The predicted octanol–water partition coefficient (Wildman–Crippen LogP) is 3.89. The predicted molar refractivity (Wildman–Crippen MR) is 120 cm³/mol. The van der Waals surface area contributed by atoms with Gasteiger partial charge in [0.15, 0.2) is 0 Å². The highest BCUT2D eigenvalue weighted by Gasteiger charge is 2.17. The van der Waals surface area contributed by atoms with Crippen molar-refractivity contribution >= 4 is 17.3 Å². The molecule has 156 valence electrons. The van der Waals surface area contributed by atoms with Gasteiger partial charge in [-0.05, 0) is 41.8 Å². The van der Waals surface area contributed by atoms with E-state index in [9.17, 15) is 4.79 Å². The Morgan fingerprint density at radius 1 is 1.07 bits per heavy atom. The van der Waals surface area contributed by atoms with Crippen LogP contribution in [0.3, 0.4) is 0 Å². The fourth-order valence-corrected chi connectivity index (χ4v) is 3.60. The first-order chi connectivity index (χ1) is 13.8. The summed E-state index contributed by atoms with van der Waals surface area (Å²) in [4.78, 5) is 16.9. The molecule has 0 spiro atoms. The molecule has 0 aromatic heterocycles. The molecule has 5 nitrogen and oxygen atoms in total. The molecule has 0 bridgehead atoms. The van der Waals surface area contributed by atoms with Crippen LogP contribution < -0.4 is 10.2 Å². The van der Waals surface area contributed by atoms with E-state index in [-0.39, 0.29) is 11.3 Å². The average molecular weight is 396 g/mol. The molecule has 1 amide bonds. The van der Waals surface area contributed by atoms with Gasteiger partial charge in [0.2, 0.25) is 5.91 Å². The zero-order valence-corrected chi connectivity index (χ0v) is 18.1. The molecule has 1 N–H and O–H groups in total. The fraction of sp³-hybridized carbons (Fsp3) is 0.458. The first-order valence-electron chi connectivity index (χ1n) is 10.3. The SMILES string of the molecule is CN(CC(=O)Nc1ccc(C(C)(C)C)cc1)Cc1ccccc1N1CCOCC1. The van der Waals surface area contributed by atoms with E-state index in [4.69, 9.17) is 4.74 Å². The molecule has 1 fully saturated rings. The smallest absolute Gasteiger partial charge is 0.238 e. The van der Waals surface area contributed by atoms with Gasteiger partial charge >= 0.3 is 0 Å². The lowest BCUT2D eigenvalue weighted by molar-refractivity contribution is -0.117. The van der Waals surface area contributed by atoms with E-state index in [0.717, 1.165) is 38.5 Å². The van der Waals surface area contributed by atoms with Crippen molar-refractivity contribution in [3.8, 4) is 0 Å². The van der Waals surface area contributed by atoms with Gasteiger partial charge in [-0.15, -0.1) is 0 Å². The summed E-state index contributed by atoms with van der Waals surface area (Å²) in [6, 6.07) is 16.6. The van der Waals surface area contributed by atoms with E-state index >= 15 is 0 Å². The van der Waals surface area contributed by atoms with Crippen molar-refractivity contribution in [3.63, 3.8) is 0 Å². The molecule has 2 aromatic carbocycles. The lowest BCUT2D eigenvalue weighted by Crippen LogP contribution is -2.37. The number of anilines is 2. The molecule has 1 aliphatic heterocycles. The highest BCUT2D eigenvalue weighted by atomic mass is 16.5. The minimum Gasteiger partial charge on any atom is -0.378 e. The maximum atomic E-state index is 12.5. The van der Waals surface area contributed by atoms with Gasteiger partial charge in [-0.2, -0.15) is 0 Å². The Morgan fingerprint density at radius 2 is 1.72 bits per heavy atom. The second-order valence-electron chi connectivity index (χ2n) is 8.78. The van der Waals surface area contributed by atoms with E-state index in [1.54, 1.807) is 0 Å². The topological polar surface area (TPSA) is 44.8 Å². The van der Waals surface area contributed by atoms with Crippen LogP contribution in [0, 0.1) is 0 Å². The minimum atomic E-state index is -0.000127. The first kappa shape index (κ1) is 21.3. The lowest BCUT2D eigenvalue weighted by atomic mass is 9.87. The summed E-state index contributed by atoms with van der Waals surface area (Å²) in [5.41, 5.74) is 4.67. The summed E-state index contributed by atoms with van der Waals surface area (Å²) < 4.78 is 5.47. The molecule has 29 heavy (non-hydrogen) atoms. The number of hydrogen-bond donors (Lipinski definition) is 1. The Bertz CT molecular complexity index is 806. The number of rotatable bonds is 6. The van der Waals surface area contributed by atoms with E-state index in [1.807, 2.05) is 19.2 Å². The second kappa shape index (κ2) is 9.42. The van der Waals surface area contributed by atoms with E-state index in [1.165, 1.54) is 16.8 Å². The minimum absolute atomic E-state index is 0.000127. The number of para-hydroxylation sites is 1. The summed E-state index contributed by atoms with van der Waals surface area (Å²) in [5.74, 6) is -0.000127. The maximum Gasteiger partial charge on any atom is 0.238 e. The number of benzene rings is 2. The molecule has 3 rings (SSSR count). The van der Waals surface area contributed by atoms with Crippen LogP contribution in [0.5, 0.6) is 0 Å². The summed E-state index contributed by atoms with van der Waals surface area (Å²) in [6.07, 6.45) is 0. The van der Waals surface area contributed by atoms with Crippen LogP contribution in [0.15, 0.2) is 48.5 Å². The van der Waals surface area contributed by atoms with Crippen LogP contribution in [0.1, 0.15) is 31.9 Å². The Hall–Kier alpha value is -2.37. The highest BCUT2D eigenvalue weighted by molar-refractivity contribution is 5.92. The third-order valence-electron chi connectivity index (χ3n) is 5.23. The molecule has 0 radical (unpaired) electrons. The Morgan fingerprint density at radius 3 is 2.38 bits per heavy atom. The van der Waals surface area contributed by atoms with Gasteiger partial charge in [0, 0.05) is 31.0 Å². The third kappa shape index (κ3) is 6.05. The van der Waals surface area contributed by atoms with Crippen molar-refractivity contribution in [2.45, 2.75) is 32.7 Å². The first-order valence-corrected chi connectivity index (χ1v) is 10.3. The number of carbonyl (C=O) groups is 1. The molecular weight excluding hydrogens is 362 g/mol. The van der Waals surface area contributed by atoms with Crippen LogP contribution in [-0.2, 0) is 21.5 Å². The summed E-state index contributed by atoms with van der Waals surface area (Å²) in [5, 5.41) is 3.01. The molecule has 0 unspecified atom stereocenters. The summed E-state index contributed by atoms with van der Waals surface area (Å²) in [6.45, 7) is 11.0. The van der Waals surface area contributed by atoms with Gasteiger partial charge in [-0.3, -0.25) is 9.69 Å². The van der Waals surface area contributed by atoms with Gasteiger partial charge in [-0.1, -0.05) is 51.1 Å². The largest absolute Gasteiger partial charge is 0.378 e. The van der Waals surface area contributed by atoms with Gasteiger partial charge in [0.05, 0.1) is 19.8 Å². The molecule has 5 heteroatoms. The highest BCUT2D eigenvalue weighted by Crippen LogP contribution is 2.24. The van der Waals surface area contributed by atoms with E-state index in [2.05, 4.69) is 72.3 Å². The van der Waals surface area contributed by atoms with Crippen LogP contribution in [0.25, 0.3) is 0 Å². The molecule has 0 atom stereocenters. The number of amides is 1. The number of nitrogens with one attached hydrogen (secondary N) is 1. The van der Waals surface area contributed by atoms with Gasteiger partial charge in [0.25, 0.3) is 0 Å². The zero-order chi connectivity index (χ0) is 20.9. The zero-order valence-electron chi connectivity index (χ0n) is 18.1. The quantitative estimate of drug-likeness (QED) is 0.806. The molecule has 1 saturated heterocycles. The molecule has 1 heterocycles. The van der Waals surface area contributed by atoms with Crippen molar-refractivity contribution in [1.82, 2.24) is 4.90 Å². The van der Waals surface area contributed by atoms with Gasteiger partial charge in [0.1, 0.15) is 0 Å². The molecule has 0 saturated carbocycles. The Labute approximate surface area is 174 Å². The van der Waals surface area contributed by atoms with Crippen LogP contribution in [0.4, 0.5) is 11.4 Å². The second-order valence-corrected chi connectivity index (χ2v) is 8.78. The monoisotopic (exact) mass is 395 g/mol. The van der Waals surface area contributed by atoms with Crippen molar-refractivity contribution in [2.75, 3.05) is 50.1 Å². The van der Waals surface area contributed by atoms with Crippen LogP contribution >= 0.6 is 0 Å². The number of ether oxygens (including phenoxy) is 1. The third-order valence-corrected chi connectivity index (χ3v) is 5.23. The normalized spacial score (nSPS) is 14.9. The van der Waals surface area contributed by atoms with Crippen LogP contribution in [-0.4, -0.2) is 50.7 Å². The number of likely N-dealkylation sites (N-methyl/N-ethyl adjacent to an activating group) is 1. The molecule has 1 aliphatic rings. The Balaban J connectivity index is 1.57. The number of nitrogens with zero attached hydrogens (tertiary/aromatic N) is 2. The van der Waals surface area contributed by atoms with E-state index in [0.29, 0.717) is 6.54 Å². The Kier molecular flexibility index (Phi) is 6.93. The van der Waals surface area contributed by atoms with Crippen molar-refractivity contribution < 1.29 is 9.53 Å². The lowest BCUT2D eigenvalue weighted by Gasteiger charge is -2.31. The summed E-state index contributed by atoms with van der Waals surface area (Å²) >= 11 is 0. The average Bonchev–Trinajstić information content (AvgIpc) is 2.68. The van der Waals surface area contributed by atoms with Crippen molar-refractivity contribution in [3.05, 3.63) is 59.7 Å². The van der Waals surface area contributed by atoms with Gasteiger partial charge in [-0.25, -0.2) is 0 Å². The molecule has 2 aromatic rings. The number of morpholine rings is 1. The summed E-state index contributed by atoms with van der Waals surface area (Å²) in [7, 11) is 1.98. The van der Waals surface area contributed by atoms with E-state index < -0.39 is 0 Å². The fourth-order valence-electron chi connectivity index (χ4n) is 3.60. The van der Waals surface area contributed by atoms with Crippen molar-refractivity contribution in [1.29, 1.82) is 0 Å². The van der Waals surface area contributed by atoms with Crippen molar-refractivity contribution in [2.24, 2.45) is 0 Å². The molecule has 0 aliphatic carbocycles. The molecular formula is C24H33N3O2. The van der Waals surface area contributed by atoms with Crippen LogP contribution in [0.2, 0.25) is 0 Å². The standard InChI is InChI=1S/C24H33N3O2/c1-24(2,3)20-9-11-21(12-10-20)25-23(28)18-26(4)17-19-7-5-6-8-22(19)27-13-15-29-16-14-27/h5-12H,13-18H2,1-4H3,(H,25,28).